The van der Waals surface area contributed by atoms with Crippen LogP contribution in [0, 0.1) is 20.8 Å². The van der Waals surface area contributed by atoms with Crippen LogP contribution in [0.1, 0.15) is 28.3 Å². The highest BCUT2D eigenvalue weighted by Crippen LogP contribution is 2.29. The van der Waals surface area contributed by atoms with Crippen LogP contribution in [-0.4, -0.2) is 22.3 Å². The molecule has 2 N–H and O–H groups in total. The second-order valence-corrected chi connectivity index (χ2v) is 4.25. The van der Waals surface area contributed by atoms with E-state index in [1.807, 2.05) is 19.1 Å². The maximum Gasteiger partial charge on any atom is 0.333 e. The molecule has 0 unspecified atom stereocenters. The first-order valence-corrected chi connectivity index (χ1v) is 5.41. The predicted octanol–water partition coefficient (Wildman–Crippen LogP) is 2.41. The number of nitrogens with zero attached hydrogens (tertiary/aromatic N) is 3. The number of carboxylic acids is 1. The number of aliphatic hydroxyl groups excluding tert-OH is 1. The van der Waals surface area contributed by atoms with Crippen molar-refractivity contribution in [1.29, 1.82) is 0 Å². The van der Waals surface area contributed by atoms with Gasteiger partial charge in [0.05, 0.1) is 6.04 Å². The van der Waals surface area contributed by atoms with Gasteiger partial charge in [-0.05, 0) is 43.0 Å². The number of aryl methyl sites for hydroxylation is 3. The fourth-order valence-corrected chi connectivity index (χ4v) is 2.13. The summed E-state index contributed by atoms with van der Waals surface area (Å²) in [6, 6.07) is 2.60. The maximum absolute atomic E-state index is 10.8. The summed E-state index contributed by atoms with van der Waals surface area (Å²) in [5.41, 5.74) is 11.7. The summed E-state index contributed by atoms with van der Waals surface area (Å²) in [6.45, 7) is 5.51. The average Bonchev–Trinajstić information content (AvgIpc) is 2.25. The van der Waals surface area contributed by atoms with Gasteiger partial charge >= 0.3 is 5.97 Å². The molecule has 0 saturated carbocycles. The smallest absolute Gasteiger partial charge is 0.333 e. The number of carboxylic acid groups (broad SMARTS) is 1. The lowest BCUT2D eigenvalue weighted by molar-refractivity contribution is -0.147. The number of rotatable bonds is 4. The van der Waals surface area contributed by atoms with Crippen LogP contribution >= 0.6 is 0 Å². The minimum Gasteiger partial charge on any atom is -0.479 e. The molecule has 6 heteroatoms. The van der Waals surface area contributed by atoms with Gasteiger partial charge in [0.2, 0.25) is 0 Å². The van der Waals surface area contributed by atoms with E-state index < -0.39 is 18.1 Å². The number of aliphatic carboxylic acids is 1. The molecule has 0 aliphatic carbocycles. The van der Waals surface area contributed by atoms with Crippen molar-refractivity contribution in [2.75, 3.05) is 0 Å². The second-order valence-electron chi connectivity index (χ2n) is 4.25. The molecule has 0 spiro atoms. The van der Waals surface area contributed by atoms with Crippen LogP contribution in [-0.2, 0) is 4.79 Å². The Kier molecular flexibility index (Phi) is 4.31. The zero-order chi connectivity index (χ0) is 13.9. The number of aliphatic hydroxyl groups is 1. The standard InChI is InChI=1S/C12H15N3O3/c1-6-4-7(2)9(8(3)5-6)10(14-15-13)11(16)12(17)18/h4-5,10-11,16H,1-3H3,(H,17,18)/t10-,11-/m0/s1. The summed E-state index contributed by atoms with van der Waals surface area (Å²) < 4.78 is 0. The monoisotopic (exact) mass is 249 g/mol. The molecule has 0 amide bonds. The Labute approximate surface area is 105 Å². The van der Waals surface area contributed by atoms with Gasteiger partial charge in [-0.25, -0.2) is 4.79 Å². The molecule has 0 aromatic heterocycles. The molecule has 1 aromatic rings. The van der Waals surface area contributed by atoms with E-state index in [4.69, 9.17) is 10.6 Å². The summed E-state index contributed by atoms with van der Waals surface area (Å²) in [5.74, 6) is -1.41. The quantitative estimate of drug-likeness (QED) is 0.486. The molecule has 0 aliphatic rings. The van der Waals surface area contributed by atoms with Gasteiger partial charge < -0.3 is 10.2 Å². The van der Waals surface area contributed by atoms with Crippen molar-refractivity contribution < 1.29 is 15.0 Å². The lowest BCUT2D eigenvalue weighted by Gasteiger charge is -2.20. The number of benzene rings is 1. The first kappa shape index (κ1) is 14.0. The number of carbonyl (C=O) groups is 1. The van der Waals surface area contributed by atoms with Crippen LogP contribution in [0.4, 0.5) is 0 Å². The van der Waals surface area contributed by atoms with Gasteiger partial charge in [-0.15, -0.1) is 0 Å². The zero-order valence-corrected chi connectivity index (χ0v) is 10.5. The molecule has 1 rings (SSSR count). The average molecular weight is 249 g/mol. The van der Waals surface area contributed by atoms with Gasteiger partial charge in [-0.3, -0.25) is 0 Å². The van der Waals surface area contributed by atoms with Crippen molar-refractivity contribution in [3.05, 3.63) is 44.8 Å². The van der Waals surface area contributed by atoms with Crippen molar-refractivity contribution in [3.63, 3.8) is 0 Å². The molecule has 0 heterocycles. The highest BCUT2D eigenvalue weighted by Gasteiger charge is 2.28. The summed E-state index contributed by atoms with van der Waals surface area (Å²) in [4.78, 5) is 13.5. The molecule has 18 heavy (non-hydrogen) atoms. The van der Waals surface area contributed by atoms with Gasteiger partial charge in [0.1, 0.15) is 0 Å². The largest absolute Gasteiger partial charge is 0.479 e. The third-order valence-corrected chi connectivity index (χ3v) is 2.76. The lowest BCUT2D eigenvalue weighted by Crippen LogP contribution is -2.27. The van der Waals surface area contributed by atoms with Crippen molar-refractivity contribution >= 4 is 5.97 Å². The topological polar surface area (TPSA) is 106 Å². The van der Waals surface area contributed by atoms with E-state index in [0.717, 1.165) is 16.7 Å². The first-order valence-electron chi connectivity index (χ1n) is 5.41. The summed E-state index contributed by atoms with van der Waals surface area (Å²) in [6.07, 6.45) is -1.75. The highest BCUT2D eigenvalue weighted by molar-refractivity contribution is 5.73. The van der Waals surface area contributed by atoms with Gasteiger partial charge in [-0.2, -0.15) is 0 Å². The van der Waals surface area contributed by atoms with E-state index in [1.165, 1.54) is 0 Å². The van der Waals surface area contributed by atoms with Crippen LogP contribution in [0.25, 0.3) is 10.4 Å². The summed E-state index contributed by atoms with van der Waals surface area (Å²) in [5, 5.41) is 21.9. The van der Waals surface area contributed by atoms with Gasteiger partial charge in [0.25, 0.3) is 0 Å². The molecule has 0 aliphatic heterocycles. The molecule has 96 valence electrons. The second kappa shape index (κ2) is 5.53. The van der Waals surface area contributed by atoms with Crippen LogP contribution in [0.3, 0.4) is 0 Å². The maximum atomic E-state index is 10.8. The SMILES string of the molecule is Cc1cc(C)c([C@H](N=[N+]=[N-])[C@H](O)C(=O)O)c(C)c1. The first-order chi connectivity index (χ1) is 8.38. The third kappa shape index (κ3) is 2.80. The fraction of sp³-hybridized carbons (Fsp3) is 0.417. The Hall–Kier alpha value is -2.04. The van der Waals surface area contributed by atoms with Crippen LogP contribution in [0.2, 0.25) is 0 Å². The minimum absolute atomic E-state index is 0.563. The Morgan fingerprint density at radius 1 is 1.33 bits per heavy atom. The normalized spacial score (nSPS) is 13.6. The Morgan fingerprint density at radius 3 is 2.22 bits per heavy atom. The van der Waals surface area contributed by atoms with E-state index in [1.54, 1.807) is 13.8 Å². The minimum atomic E-state index is -1.75. The molecule has 2 atom stereocenters. The van der Waals surface area contributed by atoms with Crippen LogP contribution in [0.5, 0.6) is 0 Å². The molecule has 0 fully saturated rings. The highest BCUT2D eigenvalue weighted by atomic mass is 16.4. The number of hydrogen-bond donors (Lipinski definition) is 2. The Bertz CT molecular complexity index is 498. The zero-order valence-electron chi connectivity index (χ0n) is 10.5. The molecule has 1 aromatic carbocycles. The molecule has 0 bridgehead atoms. The molecular weight excluding hydrogens is 234 g/mol. The van der Waals surface area contributed by atoms with Crippen molar-refractivity contribution in [3.8, 4) is 0 Å². The summed E-state index contributed by atoms with van der Waals surface area (Å²) >= 11 is 0. The number of hydrogen-bond acceptors (Lipinski definition) is 3. The number of azide groups is 1. The van der Waals surface area contributed by atoms with Crippen molar-refractivity contribution in [2.45, 2.75) is 32.9 Å². The van der Waals surface area contributed by atoms with Gasteiger partial charge in [0.15, 0.2) is 6.10 Å². The van der Waals surface area contributed by atoms with E-state index in [2.05, 4.69) is 10.0 Å². The predicted molar refractivity (Wildman–Crippen MR) is 66.2 cm³/mol. The molecule has 0 radical (unpaired) electrons. The van der Waals surface area contributed by atoms with E-state index in [0.29, 0.717) is 5.56 Å². The van der Waals surface area contributed by atoms with Crippen molar-refractivity contribution in [1.82, 2.24) is 0 Å². The van der Waals surface area contributed by atoms with E-state index in [-0.39, 0.29) is 0 Å². The van der Waals surface area contributed by atoms with E-state index >= 15 is 0 Å². The van der Waals surface area contributed by atoms with Crippen LogP contribution in [0.15, 0.2) is 17.2 Å². The van der Waals surface area contributed by atoms with Gasteiger partial charge in [-0.1, -0.05) is 22.8 Å². The van der Waals surface area contributed by atoms with Crippen molar-refractivity contribution in [2.24, 2.45) is 5.11 Å². The van der Waals surface area contributed by atoms with Gasteiger partial charge in [0, 0.05) is 4.91 Å². The Morgan fingerprint density at radius 2 is 1.83 bits per heavy atom. The Balaban J connectivity index is 3.39. The van der Waals surface area contributed by atoms with Crippen LogP contribution < -0.4 is 0 Å². The van der Waals surface area contributed by atoms with E-state index in [9.17, 15) is 9.90 Å². The molecule has 6 nitrogen and oxygen atoms in total. The fourth-order valence-electron chi connectivity index (χ4n) is 2.13. The molecular formula is C12H15N3O3. The third-order valence-electron chi connectivity index (χ3n) is 2.76. The summed E-state index contributed by atoms with van der Waals surface area (Å²) in [7, 11) is 0. The lowest BCUT2D eigenvalue weighted by atomic mass is 9.91. The molecule has 0 saturated heterocycles.